The number of carboxylic acids is 1. The Morgan fingerprint density at radius 2 is 2.10 bits per heavy atom. The lowest BCUT2D eigenvalue weighted by Crippen LogP contribution is -2.27. The molecule has 1 aromatic rings. The Balaban J connectivity index is 2.41. The second-order valence-electron chi connectivity index (χ2n) is 5.00. The minimum Gasteiger partial charge on any atom is -0.505 e. The molecule has 1 heterocycles. The summed E-state index contributed by atoms with van der Waals surface area (Å²) >= 11 is 0. The maximum absolute atomic E-state index is 11.8. The van der Waals surface area contributed by atoms with Crippen LogP contribution in [-0.4, -0.2) is 33.6 Å². The Morgan fingerprint density at radius 3 is 2.71 bits per heavy atom. The molecule has 6 nitrogen and oxygen atoms in total. The van der Waals surface area contributed by atoms with Crippen LogP contribution in [0.2, 0.25) is 0 Å². The monoisotopic (exact) mass is 294 g/mol. The molecular weight excluding hydrogens is 272 g/mol. The molecule has 0 saturated heterocycles. The van der Waals surface area contributed by atoms with Gasteiger partial charge in [0.1, 0.15) is 5.75 Å². The number of carbonyl (C=O) groups is 2. The van der Waals surface area contributed by atoms with Gasteiger partial charge in [0.05, 0.1) is 0 Å². The molecule has 3 N–H and O–H groups in total. The Morgan fingerprint density at radius 1 is 1.33 bits per heavy atom. The minimum absolute atomic E-state index is 0.00933. The zero-order valence-corrected chi connectivity index (χ0v) is 12.2. The van der Waals surface area contributed by atoms with Gasteiger partial charge in [-0.25, -0.2) is 4.98 Å². The summed E-state index contributed by atoms with van der Waals surface area (Å²) in [5.41, 5.74) is 0.00933. The first-order chi connectivity index (χ1) is 10.0. The van der Waals surface area contributed by atoms with E-state index in [0.29, 0.717) is 13.0 Å². The number of carbonyl (C=O) groups excluding carboxylic acids is 1. The number of rotatable bonds is 9. The summed E-state index contributed by atoms with van der Waals surface area (Å²) in [6, 6.07) is 2.96. The van der Waals surface area contributed by atoms with Crippen molar-refractivity contribution in [2.24, 2.45) is 5.92 Å². The zero-order valence-electron chi connectivity index (χ0n) is 12.2. The molecule has 1 amide bonds. The van der Waals surface area contributed by atoms with E-state index in [9.17, 15) is 14.7 Å². The number of pyridine rings is 1. The minimum atomic E-state index is -0.793. The summed E-state index contributed by atoms with van der Waals surface area (Å²) in [4.78, 5) is 26.3. The molecule has 116 valence electrons. The molecule has 0 aliphatic rings. The fraction of sp³-hybridized carbons (Fsp3) is 0.533. The second kappa shape index (κ2) is 8.94. The van der Waals surface area contributed by atoms with Crippen LogP contribution in [0.5, 0.6) is 5.75 Å². The molecule has 0 spiro atoms. The SMILES string of the molecule is CCCC(CCNC(=O)c1ncccc1O)CCC(=O)O. The maximum atomic E-state index is 11.8. The first-order valence-electron chi connectivity index (χ1n) is 7.18. The molecule has 1 rings (SSSR count). The van der Waals surface area contributed by atoms with Crippen LogP contribution in [0, 0.1) is 5.92 Å². The molecule has 6 heteroatoms. The number of hydrogen-bond donors (Lipinski definition) is 3. The van der Waals surface area contributed by atoms with Crippen LogP contribution in [0.15, 0.2) is 18.3 Å². The van der Waals surface area contributed by atoms with E-state index in [1.807, 2.05) is 0 Å². The van der Waals surface area contributed by atoms with E-state index in [-0.39, 0.29) is 23.8 Å². The molecular formula is C15H22N2O4. The van der Waals surface area contributed by atoms with Crippen molar-refractivity contribution in [3.8, 4) is 5.75 Å². The summed E-state index contributed by atoms with van der Waals surface area (Å²) < 4.78 is 0. The molecule has 21 heavy (non-hydrogen) atoms. The van der Waals surface area contributed by atoms with Gasteiger partial charge in [0.25, 0.3) is 5.91 Å². The van der Waals surface area contributed by atoms with Gasteiger partial charge in [0, 0.05) is 19.2 Å². The van der Waals surface area contributed by atoms with Gasteiger partial charge in [-0.15, -0.1) is 0 Å². The Labute approximate surface area is 124 Å². The lowest BCUT2D eigenvalue weighted by molar-refractivity contribution is -0.137. The van der Waals surface area contributed by atoms with Crippen LogP contribution < -0.4 is 5.32 Å². The lowest BCUT2D eigenvalue weighted by Gasteiger charge is -2.15. The van der Waals surface area contributed by atoms with Crippen LogP contribution in [0.1, 0.15) is 49.5 Å². The Hall–Kier alpha value is -2.11. The fourth-order valence-corrected chi connectivity index (χ4v) is 2.21. The van der Waals surface area contributed by atoms with E-state index >= 15 is 0 Å². The van der Waals surface area contributed by atoms with E-state index in [4.69, 9.17) is 5.11 Å². The topological polar surface area (TPSA) is 99.5 Å². The number of amides is 1. The van der Waals surface area contributed by atoms with Crippen molar-refractivity contribution in [2.75, 3.05) is 6.54 Å². The van der Waals surface area contributed by atoms with E-state index in [2.05, 4.69) is 17.2 Å². The van der Waals surface area contributed by atoms with E-state index in [1.165, 1.54) is 12.3 Å². The third-order valence-corrected chi connectivity index (χ3v) is 3.30. The normalized spacial score (nSPS) is 11.9. The predicted molar refractivity (Wildman–Crippen MR) is 78.1 cm³/mol. The van der Waals surface area contributed by atoms with Crippen molar-refractivity contribution >= 4 is 11.9 Å². The summed E-state index contributed by atoms with van der Waals surface area (Å²) in [6.07, 6.45) is 4.87. The van der Waals surface area contributed by atoms with Crippen molar-refractivity contribution in [2.45, 2.75) is 39.0 Å². The maximum Gasteiger partial charge on any atom is 0.303 e. The Kier molecular flexibility index (Phi) is 7.21. The standard InChI is InChI=1S/C15H22N2O4/c1-2-4-11(6-7-13(19)20)8-10-17-15(21)14-12(18)5-3-9-16-14/h3,5,9,11,18H,2,4,6-8,10H2,1H3,(H,17,21)(H,19,20). The van der Waals surface area contributed by atoms with Crippen molar-refractivity contribution < 1.29 is 19.8 Å². The highest BCUT2D eigenvalue weighted by Crippen LogP contribution is 2.17. The third-order valence-electron chi connectivity index (χ3n) is 3.30. The van der Waals surface area contributed by atoms with Gasteiger partial charge in [0.15, 0.2) is 5.69 Å². The van der Waals surface area contributed by atoms with Gasteiger partial charge in [-0.05, 0) is 30.9 Å². The third kappa shape index (κ3) is 6.25. The number of carboxylic acid groups (broad SMARTS) is 1. The molecule has 0 saturated carbocycles. The number of aliphatic carboxylic acids is 1. The molecule has 1 atom stereocenters. The number of nitrogens with one attached hydrogen (secondary N) is 1. The summed E-state index contributed by atoms with van der Waals surface area (Å²) in [5, 5.41) is 21.0. The van der Waals surface area contributed by atoms with Gasteiger partial charge in [0.2, 0.25) is 0 Å². The van der Waals surface area contributed by atoms with Crippen LogP contribution in [0.4, 0.5) is 0 Å². The van der Waals surface area contributed by atoms with Crippen LogP contribution in [-0.2, 0) is 4.79 Å². The highest BCUT2D eigenvalue weighted by molar-refractivity contribution is 5.94. The highest BCUT2D eigenvalue weighted by Gasteiger charge is 2.14. The van der Waals surface area contributed by atoms with Crippen LogP contribution in [0.3, 0.4) is 0 Å². The average Bonchev–Trinajstić information content (AvgIpc) is 2.45. The number of hydrogen-bond acceptors (Lipinski definition) is 4. The number of nitrogens with zero attached hydrogens (tertiary/aromatic N) is 1. The molecule has 0 fully saturated rings. The quantitative estimate of drug-likeness (QED) is 0.648. The average molecular weight is 294 g/mol. The molecule has 1 unspecified atom stereocenters. The van der Waals surface area contributed by atoms with Crippen LogP contribution >= 0.6 is 0 Å². The van der Waals surface area contributed by atoms with Crippen molar-refractivity contribution in [1.82, 2.24) is 10.3 Å². The highest BCUT2D eigenvalue weighted by atomic mass is 16.4. The fourth-order valence-electron chi connectivity index (χ4n) is 2.21. The van der Waals surface area contributed by atoms with Gasteiger partial charge in [-0.2, -0.15) is 0 Å². The van der Waals surface area contributed by atoms with E-state index in [0.717, 1.165) is 19.3 Å². The van der Waals surface area contributed by atoms with Crippen LogP contribution in [0.25, 0.3) is 0 Å². The van der Waals surface area contributed by atoms with Crippen molar-refractivity contribution in [3.63, 3.8) is 0 Å². The molecule has 0 aliphatic heterocycles. The molecule has 0 bridgehead atoms. The van der Waals surface area contributed by atoms with Gasteiger partial charge in [-0.1, -0.05) is 19.8 Å². The zero-order chi connectivity index (χ0) is 15.7. The number of aromatic hydroxyl groups is 1. The second-order valence-corrected chi connectivity index (χ2v) is 5.00. The van der Waals surface area contributed by atoms with E-state index < -0.39 is 11.9 Å². The molecule has 1 aromatic heterocycles. The Bertz CT molecular complexity index is 476. The van der Waals surface area contributed by atoms with E-state index in [1.54, 1.807) is 6.07 Å². The van der Waals surface area contributed by atoms with Crippen molar-refractivity contribution in [1.29, 1.82) is 0 Å². The first-order valence-corrected chi connectivity index (χ1v) is 7.18. The first kappa shape index (κ1) is 16.9. The summed E-state index contributed by atoms with van der Waals surface area (Å²) in [6.45, 7) is 2.50. The largest absolute Gasteiger partial charge is 0.505 e. The molecule has 0 aliphatic carbocycles. The van der Waals surface area contributed by atoms with Gasteiger partial charge >= 0.3 is 5.97 Å². The summed E-state index contributed by atoms with van der Waals surface area (Å²) in [7, 11) is 0. The summed E-state index contributed by atoms with van der Waals surface area (Å²) in [5.74, 6) is -1.07. The van der Waals surface area contributed by atoms with Gasteiger partial charge < -0.3 is 15.5 Å². The lowest BCUT2D eigenvalue weighted by atomic mass is 9.94. The molecule has 0 aromatic carbocycles. The number of aromatic nitrogens is 1. The molecule has 0 radical (unpaired) electrons. The van der Waals surface area contributed by atoms with Crippen molar-refractivity contribution in [3.05, 3.63) is 24.0 Å². The van der Waals surface area contributed by atoms with Gasteiger partial charge in [-0.3, -0.25) is 9.59 Å². The predicted octanol–water partition coefficient (Wildman–Crippen LogP) is 2.19. The smallest absolute Gasteiger partial charge is 0.303 e.